The molecule has 0 atom stereocenters. The molecule has 20 heteroatoms. The second kappa shape index (κ2) is 39.8. The van der Waals surface area contributed by atoms with E-state index in [1.165, 1.54) is 38.1 Å². The van der Waals surface area contributed by atoms with Crippen molar-refractivity contribution in [1.29, 1.82) is 0 Å². The molecule has 75 heavy (non-hydrogen) atoms. The van der Waals surface area contributed by atoms with E-state index in [9.17, 15) is 38.4 Å². The first-order chi connectivity index (χ1) is 36.3. The number of carbonyl (C=O) groups is 8. The highest BCUT2D eigenvalue weighted by atomic mass is 16.5. The van der Waals surface area contributed by atoms with Crippen molar-refractivity contribution in [3.63, 3.8) is 0 Å². The SMILES string of the molecule is CCCCCCCCOc1cc(OCCCCCCCC)c(C(=O)NNC(=O)CC(=O)NNC(=O)c2cc(C(=O)NNC(C)=O)c(OCCCCCCCC)cc2OCCCCCCCC)cc1C(=O)NNC(C)=O. The van der Waals surface area contributed by atoms with Crippen molar-refractivity contribution in [2.24, 2.45) is 0 Å². The number of nitrogens with one attached hydrogen (secondary N) is 8. The first-order valence-corrected chi connectivity index (χ1v) is 27.4. The summed E-state index contributed by atoms with van der Waals surface area (Å²) in [6.07, 6.45) is 23.0. The zero-order valence-corrected chi connectivity index (χ0v) is 45.7. The fraction of sp³-hybridized carbons (Fsp3) is 0.636. The van der Waals surface area contributed by atoms with Crippen molar-refractivity contribution < 1.29 is 57.3 Å². The molecular weight excluding hydrogens is 965 g/mol. The van der Waals surface area contributed by atoms with Crippen LogP contribution in [0.15, 0.2) is 24.3 Å². The summed E-state index contributed by atoms with van der Waals surface area (Å²) < 4.78 is 24.3. The van der Waals surface area contributed by atoms with E-state index < -0.39 is 53.7 Å². The Morgan fingerprint density at radius 2 is 0.533 bits per heavy atom. The van der Waals surface area contributed by atoms with Crippen LogP contribution in [0, 0.1) is 0 Å². The zero-order valence-electron chi connectivity index (χ0n) is 45.7. The lowest BCUT2D eigenvalue weighted by atomic mass is 10.1. The van der Waals surface area contributed by atoms with Crippen LogP contribution in [-0.2, 0) is 19.2 Å². The molecule has 0 aromatic heterocycles. The second-order valence-corrected chi connectivity index (χ2v) is 18.6. The number of ether oxygens (including phenoxy) is 4. The topological polar surface area (TPSA) is 270 Å². The van der Waals surface area contributed by atoms with E-state index >= 15 is 0 Å². The minimum Gasteiger partial charge on any atom is -0.493 e. The van der Waals surface area contributed by atoms with Crippen molar-refractivity contribution >= 4 is 47.3 Å². The van der Waals surface area contributed by atoms with Gasteiger partial charge < -0.3 is 18.9 Å². The van der Waals surface area contributed by atoms with Crippen molar-refractivity contribution in [3.05, 3.63) is 46.5 Å². The molecule has 2 rings (SSSR count). The van der Waals surface area contributed by atoms with Crippen molar-refractivity contribution in [2.45, 2.75) is 202 Å². The third-order valence-corrected chi connectivity index (χ3v) is 11.8. The third kappa shape index (κ3) is 28.0. The van der Waals surface area contributed by atoms with Crippen LogP contribution >= 0.6 is 0 Å². The average Bonchev–Trinajstić information content (AvgIpc) is 3.39. The van der Waals surface area contributed by atoms with Gasteiger partial charge in [-0.1, -0.05) is 156 Å². The molecule has 0 fully saturated rings. The number of benzene rings is 2. The average molecular weight is 1050 g/mol. The van der Waals surface area contributed by atoms with Gasteiger partial charge in [0.05, 0.1) is 48.7 Å². The van der Waals surface area contributed by atoms with Gasteiger partial charge in [0.2, 0.25) is 23.6 Å². The molecule has 0 bridgehead atoms. The van der Waals surface area contributed by atoms with E-state index in [1.54, 1.807) is 0 Å². The molecule has 0 aliphatic heterocycles. The molecule has 0 heterocycles. The van der Waals surface area contributed by atoms with Crippen LogP contribution in [0.2, 0.25) is 0 Å². The van der Waals surface area contributed by atoms with E-state index in [0.29, 0.717) is 25.7 Å². The standard InChI is InChI=1S/C55H88N8O12/c1-7-11-15-19-23-27-31-72-46-37-48(74-33-29-25-21-17-13-9-3)44(35-42(46)52(68)60-56-40(5)64)54(70)62-58-50(66)39-51(67)59-63-55(71)45-36-43(53(69)61-57-41(6)65)47(73-32-28-24-20-16-12-8-2)38-49(45)75-34-30-26-22-18-14-10-4/h35-38H,7-34,39H2,1-6H3,(H,56,64)(H,57,65)(H,58,66)(H,59,67)(H,60,68)(H,61,69)(H,62,70)(H,63,71). The largest absolute Gasteiger partial charge is 0.493 e. The van der Waals surface area contributed by atoms with Crippen molar-refractivity contribution in [1.82, 2.24) is 43.4 Å². The van der Waals surface area contributed by atoms with Gasteiger partial charge in [-0.25, -0.2) is 0 Å². The number of amides is 8. The minimum atomic E-state index is -0.973. The summed E-state index contributed by atoms with van der Waals surface area (Å²) in [6.45, 7) is 12.0. The summed E-state index contributed by atoms with van der Waals surface area (Å²) in [7, 11) is 0. The van der Waals surface area contributed by atoms with E-state index in [-0.39, 0.29) is 71.7 Å². The highest BCUT2D eigenvalue weighted by Gasteiger charge is 2.25. The van der Waals surface area contributed by atoms with Crippen molar-refractivity contribution in [3.8, 4) is 23.0 Å². The molecule has 0 aliphatic carbocycles. The molecule has 0 spiro atoms. The molecule has 0 aliphatic rings. The van der Waals surface area contributed by atoms with E-state index in [0.717, 1.165) is 128 Å². The second-order valence-electron chi connectivity index (χ2n) is 18.6. The molecular formula is C55H88N8O12. The highest BCUT2D eigenvalue weighted by molar-refractivity contribution is 6.06. The molecule has 8 N–H and O–H groups in total. The summed E-state index contributed by atoms with van der Waals surface area (Å²) >= 11 is 0. The normalized spacial score (nSPS) is 10.6. The third-order valence-electron chi connectivity index (χ3n) is 11.8. The summed E-state index contributed by atoms with van der Waals surface area (Å²) in [5.74, 6) is -5.93. The number of unbranched alkanes of at least 4 members (excludes halogenated alkanes) is 20. The first kappa shape index (κ1) is 64.5. The van der Waals surface area contributed by atoms with E-state index in [2.05, 4.69) is 71.1 Å². The maximum absolute atomic E-state index is 13.8. The summed E-state index contributed by atoms with van der Waals surface area (Å²) in [5.41, 5.74) is 17.6. The van der Waals surface area contributed by atoms with Gasteiger partial charge in [0.25, 0.3) is 23.6 Å². The van der Waals surface area contributed by atoms with Crippen LogP contribution in [0.25, 0.3) is 0 Å². The Bertz CT molecular complexity index is 1940. The molecule has 420 valence electrons. The molecule has 0 radical (unpaired) electrons. The lowest BCUT2D eigenvalue weighted by Crippen LogP contribution is -2.47. The highest BCUT2D eigenvalue weighted by Crippen LogP contribution is 2.32. The summed E-state index contributed by atoms with van der Waals surface area (Å²) in [5, 5.41) is 0. The van der Waals surface area contributed by atoms with Gasteiger partial charge in [0, 0.05) is 26.0 Å². The van der Waals surface area contributed by atoms with Gasteiger partial charge in [-0.3, -0.25) is 81.8 Å². The predicted molar refractivity (Wildman–Crippen MR) is 287 cm³/mol. The Morgan fingerprint density at radius 3 is 0.773 bits per heavy atom. The van der Waals surface area contributed by atoms with Gasteiger partial charge in [0.15, 0.2) is 0 Å². The van der Waals surface area contributed by atoms with Crippen LogP contribution < -0.4 is 62.4 Å². The Labute approximate surface area is 444 Å². The van der Waals surface area contributed by atoms with Crippen LogP contribution in [0.1, 0.15) is 243 Å². The molecule has 2 aromatic carbocycles. The van der Waals surface area contributed by atoms with Gasteiger partial charge in [-0.2, -0.15) is 0 Å². The van der Waals surface area contributed by atoms with Crippen LogP contribution in [-0.4, -0.2) is 73.7 Å². The van der Waals surface area contributed by atoms with Gasteiger partial charge >= 0.3 is 0 Å². The number of hydrogen-bond donors (Lipinski definition) is 8. The number of hydrogen-bond acceptors (Lipinski definition) is 12. The Kier molecular flexibility index (Phi) is 34.2. The van der Waals surface area contributed by atoms with Crippen LogP contribution in [0.4, 0.5) is 0 Å². The maximum Gasteiger partial charge on any atom is 0.273 e. The van der Waals surface area contributed by atoms with E-state index in [1.807, 2.05) is 0 Å². The molecule has 8 amide bonds. The fourth-order valence-corrected chi connectivity index (χ4v) is 7.61. The number of rotatable bonds is 38. The Hall–Kier alpha value is -6.60. The predicted octanol–water partition coefficient (Wildman–Crippen LogP) is 8.82. The quantitative estimate of drug-likeness (QED) is 0.0178. The Morgan fingerprint density at radius 1 is 0.307 bits per heavy atom. The minimum absolute atomic E-state index is 0.0771. The van der Waals surface area contributed by atoms with Crippen LogP contribution in [0.5, 0.6) is 23.0 Å². The molecule has 0 unspecified atom stereocenters. The Balaban J connectivity index is 2.30. The maximum atomic E-state index is 13.8. The lowest BCUT2D eigenvalue weighted by Gasteiger charge is -2.18. The van der Waals surface area contributed by atoms with Gasteiger partial charge in [-0.05, 0) is 37.8 Å². The lowest BCUT2D eigenvalue weighted by molar-refractivity contribution is -0.130. The first-order valence-electron chi connectivity index (χ1n) is 27.4. The fourth-order valence-electron chi connectivity index (χ4n) is 7.61. The number of carbonyl (C=O) groups excluding carboxylic acids is 8. The molecule has 2 aromatic rings. The molecule has 0 saturated heterocycles. The van der Waals surface area contributed by atoms with Gasteiger partial charge in [-0.15, -0.1) is 0 Å². The monoisotopic (exact) mass is 1050 g/mol. The van der Waals surface area contributed by atoms with E-state index in [4.69, 9.17) is 18.9 Å². The smallest absolute Gasteiger partial charge is 0.273 e. The van der Waals surface area contributed by atoms with Crippen LogP contribution in [0.3, 0.4) is 0 Å². The zero-order chi connectivity index (χ0) is 55.1. The summed E-state index contributed by atoms with van der Waals surface area (Å²) in [4.78, 5) is 104. The molecule has 0 saturated carbocycles. The van der Waals surface area contributed by atoms with Crippen molar-refractivity contribution in [2.75, 3.05) is 26.4 Å². The van der Waals surface area contributed by atoms with Gasteiger partial charge in [0.1, 0.15) is 29.4 Å². The molecule has 20 nitrogen and oxygen atoms in total. The summed E-state index contributed by atoms with van der Waals surface area (Å²) in [6, 6.07) is 5.35. The number of hydrazine groups is 4.